The van der Waals surface area contributed by atoms with Crippen LogP contribution in [0.2, 0.25) is 15.1 Å². The Labute approximate surface area is 199 Å². The second-order valence-corrected chi connectivity index (χ2v) is 8.80. The van der Waals surface area contributed by atoms with Crippen LogP contribution in [0.1, 0.15) is 15.9 Å². The smallest absolute Gasteiger partial charge is 0.249 e. The molecule has 0 aliphatic carbocycles. The van der Waals surface area contributed by atoms with Crippen LogP contribution in [0.4, 0.5) is 0 Å². The van der Waals surface area contributed by atoms with Crippen molar-refractivity contribution in [1.29, 1.82) is 0 Å². The first-order valence-electron chi connectivity index (χ1n) is 9.88. The van der Waals surface area contributed by atoms with Crippen molar-refractivity contribution in [3.63, 3.8) is 0 Å². The maximum Gasteiger partial charge on any atom is 0.249 e. The van der Waals surface area contributed by atoms with E-state index in [1.807, 2.05) is 54.6 Å². The van der Waals surface area contributed by atoms with Crippen molar-refractivity contribution in [2.24, 2.45) is 5.73 Å². The Kier molecular flexibility index (Phi) is 5.34. The van der Waals surface area contributed by atoms with Crippen molar-refractivity contribution in [2.75, 3.05) is 0 Å². The maximum atomic E-state index is 12.2. The molecule has 1 radical (unpaired) electrons. The van der Waals surface area contributed by atoms with Crippen molar-refractivity contribution >= 4 is 62.5 Å². The first kappa shape index (κ1) is 20.9. The second kappa shape index (κ2) is 8.18. The minimum Gasteiger partial charge on any atom is -0.366 e. The number of fused-ring (bicyclic) bond motifs is 3. The summed E-state index contributed by atoms with van der Waals surface area (Å²) in [5.74, 6) is -0.473. The topological polar surface area (TPSA) is 48.0 Å². The number of primary amides is 1. The molecule has 1 amide bonds. The molecule has 0 unspecified atom stereocenters. The van der Waals surface area contributed by atoms with Gasteiger partial charge in [0.2, 0.25) is 5.91 Å². The Balaban J connectivity index is 1.78. The third-order valence-electron chi connectivity index (χ3n) is 5.56. The molecule has 32 heavy (non-hydrogen) atoms. The Morgan fingerprint density at radius 2 is 1.66 bits per heavy atom. The molecule has 1 heterocycles. The van der Waals surface area contributed by atoms with Crippen molar-refractivity contribution in [3.05, 3.63) is 105 Å². The predicted molar refractivity (Wildman–Crippen MR) is 133 cm³/mol. The normalized spacial score (nSPS) is 11.3. The average molecular weight is 479 g/mol. The molecule has 3 nitrogen and oxygen atoms in total. The van der Waals surface area contributed by atoms with Gasteiger partial charge in [0.25, 0.3) is 0 Å². The van der Waals surface area contributed by atoms with Crippen LogP contribution in [0, 0.1) is 6.07 Å². The predicted octanol–water partition coefficient (Wildman–Crippen LogP) is 7.37. The van der Waals surface area contributed by atoms with Gasteiger partial charge >= 0.3 is 0 Å². The number of carbonyl (C=O) groups excluding carboxylic acids is 1. The molecule has 5 aromatic rings. The Hall–Kier alpha value is -2.98. The van der Waals surface area contributed by atoms with E-state index in [1.54, 1.807) is 12.1 Å². The van der Waals surface area contributed by atoms with E-state index >= 15 is 0 Å². The van der Waals surface area contributed by atoms with Crippen molar-refractivity contribution in [1.82, 2.24) is 4.57 Å². The summed E-state index contributed by atoms with van der Waals surface area (Å²) in [4.78, 5) is 12.2. The van der Waals surface area contributed by atoms with Crippen LogP contribution in [-0.4, -0.2) is 10.5 Å². The largest absolute Gasteiger partial charge is 0.366 e. The summed E-state index contributed by atoms with van der Waals surface area (Å²) in [5, 5.41) is 3.31. The number of benzene rings is 4. The number of nitrogens with zero attached hydrogens (tertiary/aromatic N) is 1. The number of rotatable bonds is 4. The van der Waals surface area contributed by atoms with E-state index in [4.69, 9.17) is 40.5 Å². The summed E-state index contributed by atoms with van der Waals surface area (Å²) < 4.78 is 2.15. The molecule has 0 fully saturated rings. The maximum absolute atomic E-state index is 12.2. The second-order valence-electron chi connectivity index (χ2n) is 7.55. The molecule has 0 saturated carbocycles. The molecule has 0 saturated heterocycles. The molecule has 0 aliphatic rings. The molecule has 5 rings (SSSR count). The minimum atomic E-state index is -0.473. The number of nitrogens with two attached hydrogens (primary N) is 1. The lowest BCUT2D eigenvalue weighted by Gasteiger charge is -2.10. The number of carbonyl (C=O) groups is 1. The number of hydrogen-bond acceptors (Lipinski definition) is 1. The van der Waals surface area contributed by atoms with Crippen LogP contribution in [0.25, 0.3) is 32.9 Å². The Morgan fingerprint density at radius 1 is 0.875 bits per heavy atom. The molecule has 157 valence electrons. The summed E-state index contributed by atoms with van der Waals surface area (Å²) >= 11 is 18.4. The van der Waals surface area contributed by atoms with Crippen LogP contribution in [-0.2, 0) is 6.54 Å². The highest BCUT2D eigenvalue weighted by atomic mass is 35.5. The quantitative estimate of drug-likeness (QED) is 0.288. The van der Waals surface area contributed by atoms with E-state index in [2.05, 4.69) is 16.7 Å². The number of amides is 1. The third-order valence-corrected chi connectivity index (χ3v) is 6.55. The molecular formula is C26H16Cl3N2O. The zero-order chi connectivity index (χ0) is 22.4. The van der Waals surface area contributed by atoms with E-state index in [9.17, 15) is 4.79 Å². The van der Waals surface area contributed by atoms with E-state index in [0.717, 1.165) is 38.5 Å². The van der Waals surface area contributed by atoms with E-state index in [1.165, 1.54) is 0 Å². The van der Waals surface area contributed by atoms with Gasteiger partial charge in [-0.05, 0) is 71.3 Å². The first-order chi connectivity index (χ1) is 15.4. The van der Waals surface area contributed by atoms with E-state index < -0.39 is 5.91 Å². The minimum absolute atomic E-state index is 0.468. The van der Waals surface area contributed by atoms with Crippen LogP contribution >= 0.6 is 34.8 Å². The molecule has 2 N–H and O–H groups in total. The summed E-state index contributed by atoms with van der Waals surface area (Å²) in [5.41, 5.74) is 11.0. The first-order valence-corrected chi connectivity index (χ1v) is 11.0. The fourth-order valence-electron chi connectivity index (χ4n) is 4.06. The van der Waals surface area contributed by atoms with Crippen LogP contribution in [0.3, 0.4) is 0 Å². The highest BCUT2D eigenvalue weighted by molar-refractivity contribution is 6.42. The van der Waals surface area contributed by atoms with Crippen LogP contribution in [0.5, 0.6) is 0 Å². The van der Waals surface area contributed by atoms with Gasteiger partial charge in [0, 0.05) is 27.9 Å². The van der Waals surface area contributed by atoms with Gasteiger partial charge < -0.3 is 10.3 Å². The molecule has 0 spiro atoms. The molecule has 0 aliphatic heterocycles. The van der Waals surface area contributed by atoms with Crippen LogP contribution < -0.4 is 5.73 Å². The lowest BCUT2D eigenvalue weighted by Crippen LogP contribution is -2.11. The van der Waals surface area contributed by atoms with Gasteiger partial charge in [-0.1, -0.05) is 59.1 Å². The van der Waals surface area contributed by atoms with Gasteiger partial charge in [0.15, 0.2) is 0 Å². The fraction of sp³-hybridized carbons (Fsp3) is 0.0385. The number of hydrogen-bond donors (Lipinski definition) is 1. The SMILES string of the molecule is NC(=O)c1cccc2c1c1[c]cc(-c3ccc(Cl)cc3)cc1n2Cc1ccc(Cl)c(Cl)c1. The van der Waals surface area contributed by atoms with Gasteiger partial charge in [0.1, 0.15) is 0 Å². The van der Waals surface area contributed by atoms with Crippen molar-refractivity contribution in [3.8, 4) is 11.1 Å². The standard InChI is InChI=1S/C26H16Cl3N2O/c27-18-8-5-16(6-9-18)17-7-10-19-24(13-17)31(14-15-4-11-21(28)22(29)12-15)23-3-1-2-20(25(19)23)26(30)32/h1-9,11-13H,14H2,(H2,30,32). The zero-order valence-corrected chi connectivity index (χ0v) is 19.0. The summed E-state index contributed by atoms with van der Waals surface area (Å²) in [6.45, 7) is 0.539. The molecule has 0 atom stereocenters. The van der Waals surface area contributed by atoms with E-state index in [-0.39, 0.29) is 0 Å². The molecule has 1 aromatic heterocycles. The summed E-state index contributed by atoms with van der Waals surface area (Å²) in [6.07, 6.45) is 0. The summed E-state index contributed by atoms with van der Waals surface area (Å²) in [6, 6.07) is 26.2. The van der Waals surface area contributed by atoms with Crippen LogP contribution in [0.15, 0.2) is 72.8 Å². The fourth-order valence-corrected chi connectivity index (χ4v) is 4.51. The van der Waals surface area contributed by atoms with Gasteiger partial charge in [-0.2, -0.15) is 0 Å². The molecular weight excluding hydrogens is 463 g/mol. The van der Waals surface area contributed by atoms with Crippen molar-refractivity contribution in [2.45, 2.75) is 6.54 Å². The van der Waals surface area contributed by atoms with Gasteiger partial charge in [-0.3, -0.25) is 4.79 Å². The molecule has 0 bridgehead atoms. The molecule has 6 heteroatoms. The van der Waals surface area contributed by atoms with Gasteiger partial charge in [0.05, 0.1) is 21.1 Å². The molecule has 4 aromatic carbocycles. The number of aromatic nitrogens is 1. The van der Waals surface area contributed by atoms with Gasteiger partial charge in [-0.15, -0.1) is 0 Å². The third kappa shape index (κ3) is 3.63. The highest BCUT2D eigenvalue weighted by Gasteiger charge is 2.18. The van der Waals surface area contributed by atoms with E-state index in [0.29, 0.717) is 27.2 Å². The van der Waals surface area contributed by atoms with Gasteiger partial charge in [-0.25, -0.2) is 0 Å². The highest BCUT2D eigenvalue weighted by Crippen LogP contribution is 2.35. The lowest BCUT2D eigenvalue weighted by molar-refractivity contribution is 0.100. The monoisotopic (exact) mass is 477 g/mol. The summed E-state index contributed by atoms with van der Waals surface area (Å²) in [7, 11) is 0. The lowest BCUT2D eigenvalue weighted by atomic mass is 10.0. The Morgan fingerprint density at radius 3 is 2.38 bits per heavy atom. The average Bonchev–Trinajstić information content (AvgIpc) is 3.10. The number of halogens is 3. The van der Waals surface area contributed by atoms with Crippen molar-refractivity contribution < 1.29 is 4.79 Å². The zero-order valence-electron chi connectivity index (χ0n) is 16.7. The Bertz CT molecular complexity index is 1500.